The fourth-order valence-corrected chi connectivity index (χ4v) is 2.32. The Hall–Kier alpha value is -2.07. The number of aryl methyl sites for hydroxylation is 1. The zero-order valence-corrected chi connectivity index (χ0v) is 11.4. The molecule has 0 unspecified atom stereocenters. The lowest BCUT2D eigenvalue weighted by Crippen LogP contribution is -1.99. The molecule has 0 spiro atoms. The fraction of sp³-hybridized carbons (Fsp3) is 0.143. The molecule has 0 aliphatic heterocycles. The molecule has 0 atom stereocenters. The van der Waals surface area contributed by atoms with Gasteiger partial charge in [-0.1, -0.05) is 23.7 Å². The van der Waals surface area contributed by atoms with Gasteiger partial charge in [-0.2, -0.15) is 0 Å². The molecule has 0 saturated heterocycles. The van der Waals surface area contributed by atoms with Crippen molar-refractivity contribution in [1.29, 1.82) is 0 Å². The van der Waals surface area contributed by atoms with Crippen molar-refractivity contribution in [2.75, 3.05) is 0 Å². The van der Waals surface area contributed by atoms with E-state index >= 15 is 0 Å². The first-order valence-electron chi connectivity index (χ1n) is 5.76. The van der Waals surface area contributed by atoms with E-state index in [1.54, 1.807) is 0 Å². The van der Waals surface area contributed by atoms with Crippen LogP contribution in [0.15, 0.2) is 36.5 Å². The van der Waals surface area contributed by atoms with Crippen LogP contribution in [-0.4, -0.2) is 9.49 Å². The third-order valence-corrected chi connectivity index (χ3v) is 3.26. The standard InChI is InChI=1S/C14H13ClN2O2/c1-10-9-12(7-8-16(18)19)11(2)17(10)14-6-4-3-5-13(14)15/h3-9H,1-2H3/b8-7+. The molecule has 0 N–H and O–H groups in total. The van der Waals surface area contributed by atoms with Crippen molar-refractivity contribution < 1.29 is 4.92 Å². The predicted molar refractivity (Wildman–Crippen MR) is 76.3 cm³/mol. The summed E-state index contributed by atoms with van der Waals surface area (Å²) in [5, 5.41) is 11.0. The normalized spacial score (nSPS) is 11.1. The Bertz CT molecular complexity index is 659. The van der Waals surface area contributed by atoms with Crippen LogP contribution in [0.3, 0.4) is 0 Å². The highest BCUT2D eigenvalue weighted by Gasteiger charge is 2.11. The van der Waals surface area contributed by atoms with Gasteiger partial charge in [-0.05, 0) is 32.0 Å². The summed E-state index contributed by atoms with van der Waals surface area (Å²) in [7, 11) is 0. The lowest BCUT2D eigenvalue weighted by molar-refractivity contribution is -0.400. The monoisotopic (exact) mass is 276 g/mol. The number of nitrogens with zero attached hydrogens (tertiary/aromatic N) is 2. The van der Waals surface area contributed by atoms with Crippen LogP contribution in [-0.2, 0) is 0 Å². The van der Waals surface area contributed by atoms with E-state index in [0.717, 1.165) is 28.8 Å². The van der Waals surface area contributed by atoms with Gasteiger partial charge in [0.25, 0.3) is 0 Å². The summed E-state index contributed by atoms with van der Waals surface area (Å²) in [6, 6.07) is 9.42. The van der Waals surface area contributed by atoms with Crippen LogP contribution in [0, 0.1) is 24.0 Å². The number of nitro groups is 1. The summed E-state index contributed by atoms with van der Waals surface area (Å²) in [5.41, 5.74) is 3.59. The predicted octanol–water partition coefficient (Wildman–Crippen LogP) is 3.99. The Balaban J connectivity index is 2.54. The van der Waals surface area contributed by atoms with Crippen molar-refractivity contribution in [1.82, 2.24) is 4.57 Å². The Kier molecular flexibility index (Phi) is 3.71. The van der Waals surface area contributed by atoms with Crippen LogP contribution in [0.1, 0.15) is 17.0 Å². The average Bonchev–Trinajstić information content (AvgIpc) is 2.63. The second-order valence-corrected chi connectivity index (χ2v) is 4.62. The number of halogens is 1. The number of rotatable bonds is 3. The number of aromatic nitrogens is 1. The molecule has 0 amide bonds. The molecule has 1 aromatic heterocycles. The van der Waals surface area contributed by atoms with Crippen molar-refractivity contribution in [3.63, 3.8) is 0 Å². The molecule has 4 nitrogen and oxygen atoms in total. The maximum absolute atomic E-state index is 10.4. The van der Waals surface area contributed by atoms with Crippen LogP contribution in [0.4, 0.5) is 0 Å². The molecule has 2 rings (SSSR count). The Morgan fingerprint density at radius 3 is 2.63 bits per heavy atom. The topological polar surface area (TPSA) is 48.1 Å². The smallest absolute Gasteiger partial charge is 0.235 e. The van der Waals surface area contributed by atoms with Gasteiger partial charge in [0.2, 0.25) is 6.20 Å². The molecule has 0 aliphatic carbocycles. The van der Waals surface area contributed by atoms with E-state index in [-0.39, 0.29) is 0 Å². The van der Waals surface area contributed by atoms with E-state index < -0.39 is 4.92 Å². The zero-order chi connectivity index (χ0) is 14.0. The highest BCUT2D eigenvalue weighted by molar-refractivity contribution is 6.32. The summed E-state index contributed by atoms with van der Waals surface area (Å²) >= 11 is 6.19. The molecule has 1 aromatic carbocycles. The van der Waals surface area contributed by atoms with Crippen molar-refractivity contribution in [3.05, 3.63) is 68.6 Å². The first kappa shape index (κ1) is 13.4. The molecule has 98 valence electrons. The zero-order valence-electron chi connectivity index (χ0n) is 10.6. The first-order chi connectivity index (χ1) is 9.00. The molecule has 0 radical (unpaired) electrons. The maximum Gasteiger partial charge on any atom is 0.235 e. The molecular weight excluding hydrogens is 264 g/mol. The number of hydrogen-bond donors (Lipinski definition) is 0. The molecule has 0 saturated carbocycles. The van der Waals surface area contributed by atoms with Crippen molar-refractivity contribution in [2.45, 2.75) is 13.8 Å². The quantitative estimate of drug-likeness (QED) is 0.628. The van der Waals surface area contributed by atoms with Crippen molar-refractivity contribution in [3.8, 4) is 5.69 Å². The van der Waals surface area contributed by atoms with E-state index in [1.807, 2.05) is 48.7 Å². The van der Waals surface area contributed by atoms with Crippen LogP contribution < -0.4 is 0 Å². The van der Waals surface area contributed by atoms with E-state index in [4.69, 9.17) is 11.6 Å². The molecular formula is C14H13ClN2O2. The van der Waals surface area contributed by atoms with Gasteiger partial charge in [0, 0.05) is 23.0 Å². The summed E-state index contributed by atoms with van der Waals surface area (Å²) < 4.78 is 1.99. The second-order valence-electron chi connectivity index (χ2n) is 4.21. The number of hydrogen-bond acceptors (Lipinski definition) is 2. The van der Waals surface area contributed by atoms with E-state index in [1.165, 1.54) is 6.08 Å². The highest BCUT2D eigenvalue weighted by Crippen LogP contribution is 2.26. The van der Waals surface area contributed by atoms with Gasteiger partial charge in [0.05, 0.1) is 15.6 Å². The van der Waals surface area contributed by atoms with Crippen LogP contribution in [0.25, 0.3) is 11.8 Å². The fourth-order valence-electron chi connectivity index (χ4n) is 2.10. The molecule has 1 heterocycles. The van der Waals surface area contributed by atoms with Crippen molar-refractivity contribution in [2.24, 2.45) is 0 Å². The summed E-state index contributed by atoms with van der Waals surface area (Å²) in [5.74, 6) is 0. The minimum Gasteiger partial charge on any atom is -0.316 e. The largest absolute Gasteiger partial charge is 0.316 e. The van der Waals surface area contributed by atoms with Crippen LogP contribution >= 0.6 is 11.6 Å². The molecule has 0 bridgehead atoms. The lowest BCUT2D eigenvalue weighted by atomic mass is 10.2. The minimum absolute atomic E-state index is 0.471. The molecule has 19 heavy (non-hydrogen) atoms. The van der Waals surface area contributed by atoms with E-state index in [2.05, 4.69) is 0 Å². The minimum atomic E-state index is -0.471. The summed E-state index contributed by atoms with van der Waals surface area (Å²) in [6.07, 6.45) is 2.44. The lowest BCUT2D eigenvalue weighted by Gasteiger charge is -2.11. The summed E-state index contributed by atoms with van der Waals surface area (Å²) in [4.78, 5) is 9.92. The van der Waals surface area contributed by atoms with Gasteiger partial charge in [0.1, 0.15) is 0 Å². The SMILES string of the molecule is Cc1cc(/C=C/[N+](=O)[O-])c(C)n1-c1ccccc1Cl. The second kappa shape index (κ2) is 5.28. The Morgan fingerprint density at radius 2 is 2.00 bits per heavy atom. The molecule has 0 fully saturated rings. The Labute approximate surface area is 116 Å². The molecule has 2 aromatic rings. The number of benzene rings is 1. The van der Waals surface area contributed by atoms with Crippen LogP contribution in [0.2, 0.25) is 5.02 Å². The highest BCUT2D eigenvalue weighted by atomic mass is 35.5. The first-order valence-corrected chi connectivity index (χ1v) is 6.14. The van der Waals surface area contributed by atoms with Gasteiger partial charge in [-0.3, -0.25) is 10.1 Å². The van der Waals surface area contributed by atoms with Crippen LogP contribution in [0.5, 0.6) is 0 Å². The third kappa shape index (κ3) is 2.69. The van der Waals surface area contributed by atoms with Gasteiger partial charge >= 0.3 is 0 Å². The number of para-hydroxylation sites is 1. The summed E-state index contributed by atoms with van der Waals surface area (Å²) in [6.45, 7) is 3.86. The third-order valence-electron chi connectivity index (χ3n) is 2.94. The van der Waals surface area contributed by atoms with Gasteiger partial charge in [-0.15, -0.1) is 0 Å². The Morgan fingerprint density at radius 1 is 1.32 bits per heavy atom. The molecule has 0 aliphatic rings. The maximum atomic E-state index is 10.4. The average molecular weight is 277 g/mol. The molecule has 5 heteroatoms. The van der Waals surface area contributed by atoms with Gasteiger partial charge in [0.15, 0.2) is 0 Å². The van der Waals surface area contributed by atoms with E-state index in [0.29, 0.717) is 5.02 Å². The van der Waals surface area contributed by atoms with Gasteiger partial charge < -0.3 is 4.57 Å². The van der Waals surface area contributed by atoms with Crippen molar-refractivity contribution >= 4 is 17.7 Å². The van der Waals surface area contributed by atoms with E-state index in [9.17, 15) is 10.1 Å². The van der Waals surface area contributed by atoms with Gasteiger partial charge in [-0.25, -0.2) is 0 Å².